The lowest BCUT2D eigenvalue weighted by Gasteiger charge is -2.36. The molecule has 1 N–H and O–H groups in total. The van der Waals surface area contributed by atoms with E-state index in [1.165, 1.54) is 31.4 Å². The number of sulfonamides is 1. The number of nitrogens with zero attached hydrogens (tertiary/aromatic N) is 3. The summed E-state index contributed by atoms with van der Waals surface area (Å²) in [4.78, 5) is 27.0. The van der Waals surface area contributed by atoms with E-state index in [2.05, 4.69) is 4.72 Å². The Balaban J connectivity index is 1.49. The minimum atomic E-state index is -4.05. The Morgan fingerprint density at radius 3 is 2.44 bits per heavy atom. The molecule has 12 heteroatoms. The molecule has 2 aromatic rings. The smallest absolute Gasteiger partial charge is 0.293 e. The number of carbonyl (C=O) groups excluding carboxylic acids is 1. The van der Waals surface area contributed by atoms with Gasteiger partial charge in [0.1, 0.15) is 17.5 Å². The predicted molar refractivity (Wildman–Crippen MR) is 125 cm³/mol. The van der Waals surface area contributed by atoms with Gasteiger partial charge in [0.15, 0.2) is 0 Å². The molecule has 0 bridgehead atoms. The number of piperazine rings is 1. The molecule has 34 heavy (non-hydrogen) atoms. The monoisotopic (exact) mass is 490 g/mol. The number of nitro groups is 1. The molecule has 2 saturated heterocycles. The molecular weight excluding hydrogens is 464 g/mol. The lowest BCUT2D eigenvalue weighted by molar-refractivity contribution is -0.384. The van der Waals surface area contributed by atoms with E-state index in [1.54, 1.807) is 21.9 Å². The van der Waals surface area contributed by atoms with Gasteiger partial charge in [-0.15, -0.1) is 0 Å². The molecule has 0 saturated carbocycles. The van der Waals surface area contributed by atoms with Crippen molar-refractivity contribution in [1.29, 1.82) is 0 Å². The van der Waals surface area contributed by atoms with E-state index in [0.717, 1.165) is 12.5 Å². The number of rotatable bonds is 7. The van der Waals surface area contributed by atoms with Gasteiger partial charge in [-0.05, 0) is 49.2 Å². The van der Waals surface area contributed by atoms with E-state index in [9.17, 15) is 23.3 Å². The van der Waals surface area contributed by atoms with Gasteiger partial charge in [0.25, 0.3) is 21.6 Å². The van der Waals surface area contributed by atoms with Crippen LogP contribution in [0.1, 0.15) is 12.8 Å². The number of amides is 1. The zero-order chi connectivity index (χ0) is 24.3. The molecule has 2 fully saturated rings. The lowest BCUT2D eigenvalue weighted by atomic mass is 10.2. The number of nitrogens with one attached hydrogen (secondary N) is 1. The highest BCUT2D eigenvalue weighted by Crippen LogP contribution is 2.32. The van der Waals surface area contributed by atoms with Gasteiger partial charge in [0.05, 0.1) is 16.9 Å². The molecule has 0 unspecified atom stereocenters. The highest BCUT2D eigenvalue weighted by atomic mass is 32.2. The number of methoxy groups -OCH3 is 1. The van der Waals surface area contributed by atoms with Crippen LogP contribution in [-0.2, 0) is 19.6 Å². The van der Waals surface area contributed by atoms with E-state index in [1.807, 2.05) is 0 Å². The van der Waals surface area contributed by atoms with Crippen molar-refractivity contribution in [3.8, 4) is 5.75 Å². The average Bonchev–Trinajstić information content (AvgIpc) is 3.38. The molecule has 182 valence electrons. The topological polar surface area (TPSA) is 131 Å². The van der Waals surface area contributed by atoms with Crippen LogP contribution < -0.4 is 14.4 Å². The average molecular weight is 491 g/mol. The van der Waals surface area contributed by atoms with Gasteiger partial charge >= 0.3 is 0 Å². The van der Waals surface area contributed by atoms with Crippen molar-refractivity contribution in [2.45, 2.75) is 23.8 Å². The fraction of sp³-hybridized carbons (Fsp3) is 0.409. The van der Waals surface area contributed by atoms with E-state index in [4.69, 9.17) is 9.47 Å². The molecule has 11 nitrogen and oxygen atoms in total. The second-order valence-corrected chi connectivity index (χ2v) is 9.74. The fourth-order valence-electron chi connectivity index (χ4n) is 4.10. The third kappa shape index (κ3) is 5.07. The number of benzene rings is 2. The van der Waals surface area contributed by atoms with Crippen LogP contribution in [0.4, 0.5) is 17.1 Å². The Morgan fingerprint density at radius 2 is 1.85 bits per heavy atom. The third-order valence-corrected chi connectivity index (χ3v) is 7.31. The molecule has 1 atom stereocenters. The summed E-state index contributed by atoms with van der Waals surface area (Å²) in [7, 11) is -2.54. The van der Waals surface area contributed by atoms with Crippen molar-refractivity contribution in [2.24, 2.45) is 0 Å². The minimum Gasteiger partial charge on any atom is -0.497 e. The Kier molecular flexibility index (Phi) is 6.89. The highest BCUT2D eigenvalue weighted by Gasteiger charge is 2.32. The number of hydrogen-bond donors (Lipinski definition) is 1. The standard InChI is InChI=1S/C22H26N4O7S/c1-32-17-6-4-16(5-7-17)23-34(30,31)18-8-9-19(20(15-18)26(28)29)24-10-12-25(13-11-24)22(27)21-3-2-14-33-21/h4-9,15,21,23H,2-3,10-14H2,1H3/t21-/m0/s1. The minimum absolute atomic E-state index is 0.0438. The van der Waals surface area contributed by atoms with Gasteiger partial charge in [0, 0.05) is 44.5 Å². The van der Waals surface area contributed by atoms with E-state index in [-0.39, 0.29) is 16.5 Å². The van der Waals surface area contributed by atoms with Crippen molar-refractivity contribution in [3.05, 3.63) is 52.6 Å². The zero-order valence-electron chi connectivity index (χ0n) is 18.7. The van der Waals surface area contributed by atoms with Crippen LogP contribution in [0.5, 0.6) is 5.75 Å². The lowest BCUT2D eigenvalue weighted by Crippen LogP contribution is -2.51. The maximum Gasteiger partial charge on any atom is 0.293 e. The first-order chi connectivity index (χ1) is 16.3. The molecule has 2 aromatic carbocycles. The van der Waals surface area contributed by atoms with Crippen LogP contribution >= 0.6 is 0 Å². The van der Waals surface area contributed by atoms with Crippen molar-refractivity contribution >= 4 is 33.0 Å². The summed E-state index contributed by atoms with van der Waals surface area (Å²) in [6.45, 7) is 2.21. The number of ether oxygens (including phenoxy) is 2. The van der Waals surface area contributed by atoms with Crippen molar-refractivity contribution < 1.29 is 27.6 Å². The first kappa shape index (κ1) is 23.8. The Labute approximate surface area is 197 Å². The summed E-state index contributed by atoms with van der Waals surface area (Å²) in [5, 5.41) is 11.8. The van der Waals surface area contributed by atoms with Crippen LogP contribution in [-0.4, -0.2) is 70.1 Å². The van der Waals surface area contributed by atoms with Crippen LogP contribution in [0, 0.1) is 10.1 Å². The molecule has 2 aliphatic heterocycles. The van der Waals surface area contributed by atoms with Gasteiger partial charge in [0.2, 0.25) is 0 Å². The summed E-state index contributed by atoms with van der Waals surface area (Å²) in [5.74, 6) is 0.526. The Bertz CT molecular complexity index is 1160. The number of hydrogen-bond acceptors (Lipinski definition) is 8. The number of carbonyl (C=O) groups is 1. The normalized spacial score (nSPS) is 18.6. The van der Waals surface area contributed by atoms with Crippen LogP contribution in [0.3, 0.4) is 0 Å². The van der Waals surface area contributed by atoms with Crippen molar-refractivity contribution in [1.82, 2.24) is 4.90 Å². The largest absolute Gasteiger partial charge is 0.497 e. The van der Waals surface area contributed by atoms with Gasteiger partial charge in [-0.2, -0.15) is 0 Å². The Hall–Kier alpha value is -3.38. The highest BCUT2D eigenvalue weighted by molar-refractivity contribution is 7.92. The van der Waals surface area contributed by atoms with E-state index >= 15 is 0 Å². The maximum absolute atomic E-state index is 12.8. The Morgan fingerprint density at radius 1 is 1.15 bits per heavy atom. The molecule has 0 spiro atoms. The molecule has 2 aliphatic rings. The molecule has 0 radical (unpaired) electrons. The van der Waals surface area contributed by atoms with Crippen LogP contribution in [0.25, 0.3) is 0 Å². The molecular formula is C22H26N4O7S. The molecule has 2 heterocycles. The van der Waals surface area contributed by atoms with Crippen LogP contribution in [0.2, 0.25) is 0 Å². The second kappa shape index (κ2) is 9.85. The van der Waals surface area contributed by atoms with Crippen molar-refractivity contribution in [2.75, 3.05) is 49.5 Å². The van der Waals surface area contributed by atoms with Gasteiger partial charge in [-0.3, -0.25) is 19.6 Å². The summed E-state index contributed by atoms with van der Waals surface area (Å²) < 4.78 is 38.6. The summed E-state index contributed by atoms with van der Waals surface area (Å²) in [5.41, 5.74) is 0.314. The van der Waals surface area contributed by atoms with Gasteiger partial charge in [-0.1, -0.05) is 0 Å². The first-order valence-electron chi connectivity index (χ1n) is 10.9. The van der Waals surface area contributed by atoms with Crippen LogP contribution in [0.15, 0.2) is 47.4 Å². The molecule has 1 amide bonds. The number of nitro benzene ring substituents is 1. The summed E-state index contributed by atoms with van der Waals surface area (Å²) in [6, 6.07) is 10.1. The number of anilines is 2. The summed E-state index contributed by atoms with van der Waals surface area (Å²) in [6.07, 6.45) is 1.18. The predicted octanol–water partition coefficient (Wildman–Crippen LogP) is 2.23. The van der Waals surface area contributed by atoms with Gasteiger partial charge in [-0.25, -0.2) is 8.42 Å². The second-order valence-electron chi connectivity index (χ2n) is 8.06. The molecule has 0 aromatic heterocycles. The fourth-order valence-corrected chi connectivity index (χ4v) is 5.18. The quantitative estimate of drug-likeness (QED) is 0.462. The summed E-state index contributed by atoms with van der Waals surface area (Å²) >= 11 is 0. The van der Waals surface area contributed by atoms with Gasteiger partial charge < -0.3 is 19.3 Å². The SMILES string of the molecule is COc1ccc(NS(=O)(=O)c2ccc(N3CCN(C(=O)[C@@H]4CCCO4)CC3)c([N+](=O)[O-])c2)cc1. The van der Waals surface area contributed by atoms with E-state index < -0.39 is 21.1 Å². The maximum atomic E-state index is 12.8. The first-order valence-corrected chi connectivity index (χ1v) is 12.4. The molecule has 4 rings (SSSR count). The van der Waals surface area contributed by atoms with Crippen molar-refractivity contribution in [3.63, 3.8) is 0 Å². The third-order valence-electron chi connectivity index (χ3n) is 5.93. The zero-order valence-corrected chi connectivity index (χ0v) is 19.5. The van der Waals surface area contributed by atoms with E-state index in [0.29, 0.717) is 56.3 Å². The molecule has 0 aliphatic carbocycles.